The largest absolute Gasteiger partial charge is 0.368 e. The Balaban J connectivity index is 1.92. The van der Waals surface area contributed by atoms with E-state index in [-0.39, 0.29) is 5.91 Å². The number of rotatable bonds is 1. The van der Waals surface area contributed by atoms with Gasteiger partial charge in [-0.3, -0.25) is 9.59 Å². The van der Waals surface area contributed by atoms with Gasteiger partial charge in [-0.05, 0) is 24.5 Å². The molecule has 0 radical (unpaired) electrons. The van der Waals surface area contributed by atoms with E-state index in [0.29, 0.717) is 19.4 Å². The Morgan fingerprint density at radius 1 is 1.39 bits per heavy atom. The lowest BCUT2D eigenvalue weighted by molar-refractivity contribution is -0.125. The summed E-state index contributed by atoms with van der Waals surface area (Å²) in [6, 6.07) is 7.36. The zero-order valence-corrected chi connectivity index (χ0v) is 9.90. The normalized spacial score (nSPS) is 30.0. The number of hydrogen-bond donors (Lipinski definition) is 3. The molecule has 2 atom stereocenters. The van der Waals surface area contributed by atoms with Gasteiger partial charge in [0, 0.05) is 12.2 Å². The van der Waals surface area contributed by atoms with Crippen LogP contribution in [0.4, 0.5) is 5.69 Å². The molecule has 4 N–H and O–H groups in total. The first-order valence-corrected chi connectivity index (χ1v) is 6.03. The van der Waals surface area contributed by atoms with E-state index in [0.717, 1.165) is 11.3 Å². The van der Waals surface area contributed by atoms with E-state index < -0.39 is 17.4 Å². The average molecular weight is 245 g/mol. The van der Waals surface area contributed by atoms with Crippen LogP contribution in [0, 0.1) is 5.41 Å². The maximum atomic E-state index is 12.2. The van der Waals surface area contributed by atoms with Crippen molar-refractivity contribution in [2.45, 2.75) is 18.9 Å². The highest BCUT2D eigenvalue weighted by molar-refractivity contribution is 5.99. The van der Waals surface area contributed by atoms with Crippen molar-refractivity contribution in [3.63, 3.8) is 0 Å². The third kappa shape index (κ3) is 1.59. The number of carbonyl (C=O) groups excluding carboxylic acids is 2. The van der Waals surface area contributed by atoms with Crippen molar-refractivity contribution < 1.29 is 9.59 Å². The summed E-state index contributed by atoms with van der Waals surface area (Å²) in [4.78, 5) is 23.5. The fourth-order valence-corrected chi connectivity index (χ4v) is 2.86. The monoisotopic (exact) mass is 245 g/mol. The molecule has 2 unspecified atom stereocenters. The second-order valence-electron chi connectivity index (χ2n) is 5.11. The van der Waals surface area contributed by atoms with Crippen LogP contribution in [0.5, 0.6) is 0 Å². The summed E-state index contributed by atoms with van der Waals surface area (Å²) in [6.07, 6.45) is 1.13. The molecule has 2 aliphatic heterocycles. The van der Waals surface area contributed by atoms with Crippen LogP contribution < -0.4 is 16.4 Å². The lowest BCUT2D eigenvalue weighted by atomic mass is 9.76. The number of amides is 2. The summed E-state index contributed by atoms with van der Waals surface area (Å²) >= 11 is 0. The number of nitrogens with one attached hydrogen (secondary N) is 2. The first kappa shape index (κ1) is 11.2. The molecule has 0 saturated carbocycles. The zero-order valence-electron chi connectivity index (χ0n) is 9.90. The molecular weight excluding hydrogens is 230 g/mol. The van der Waals surface area contributed by atoms with Gasteiger partial charge in [0.05, 0.1) is 11.5 Å². The highest BCUT2D eigenvalue weighted by Gasteiger charge is 2.48. The fraction of sp³-hybridized carbons (Fsp3) is 0.385. The van der Waals surface area contributed by atoms with E-state index in [1.807, 2.05) is 24.3 Å². The number of carbonyl (C=O) groups is 2. The zero-order chi connectivity index (χ0) is 12.8. The molecule has 18 heavy (non-hydrogen) atoms. The molecule has 0 aliphatic carbocycles. The van der Waals surface area contributed by atoms with Gasteiger partial charge in [0.1, 0.15) is 0 Å². The third-order valence-electron chi connectivity index (χ3n) is 3.90. The van der Waals surface area contributed by atoms with E-state index in [1.165, 1.54) is 0 Å². The molecule has 3 rings (SSSR count). The minimum atomic E-state index is -0.534. The molecule has 2 heterocycles. The Kier molecular flexibility index (Phi) is 2.38. The number of nitrogens with two attached hydrogens (primary N) is 1. The van der Waals surface area contributed by atoms with E-state index in [2.05, 4.69) is 10.6 Å². The lowest BCUT2D eigenvalue weighted by Crippen LogP contribution is -2.43. The number of anilines is 1. The van der Waals surface area contributed by atoms with Crippen LogP contribution in [0.3, 0.4) is 0 Å². The maximum Gasteiger partial charge on any atom is 0.234 e. The second kappa shape index (κ2) is 3.81. The molecule has 5 nitrogen and oxygen atoms in total. The van der Waals surface area contributed by atoms with Crippen LogP contribution in [0.1, 0.15) is 12.0 Å². The number of primary amides is 1. The first-order chi connectivity index (χ1) is 8.61. The summed E-state index contributed by atoms with van der Waals surface area (Å²) in [5, 5.41) is 5.96. The number of fused-ring (bicyclic) bond motifs is 1. The van der Waals surface area contributed by atoms with Gasteiger partial charge in [-0.25, -0.2) is 0 Å². The van der Waals surface area contributed by atoms with E-state index in [1.54, 1.807) is 0 Å². The SMILES string of the molecule is NC(=O)C1CC2(CN1)Cc1ccccc1NC2=O. The fourth-order valence-electron chi connectivity index (χ4n) is 2.86. The van der Waals surface area contributed by atoms with Gasteiger partial charge in [-0.2, -0.15) is 0 Å². The van der Waals surface area contributed by atoms with Gasteiger partial charge in [-0.1, -0.05) is 18.2 Å². The van der Waals surface area contributed by atoms with Crippen molar-refractivity contribution in [3.8, 4) is 0 Å². The molecule has 1 saturated heterocycles. The molecule has 5 heteroatoms. The second-order valence-corrected chi connectivity index (χ2v) is 5.11. The molecule has 1 spiro atoms. The van der Waals surface area contributed by atoms with Gasteiger partial charge in [-0.15, -0.1) is 0 Å². The number of para-hydroxylation sites is 1. The number of hydrogen-bond acceptors (Lipinski definition) is 3. The van der Waals surface area contributed by atoms with Crippen molar-refractivity contribution in [2.24, 2.45) is 11.1 Å². The quantitative estimate of drug-likeness (QED) is 0.652. The molecular formula is C13H15N3O2. The molecule has 0 aromatic heterocycles. The molecule has 2 amide bonds. The Morgan fingerprint density at radius 2 is 2.17 bits per heavy atom. The predicted molar refractivity (Wildman–Crippen MR) is 66.8 cm³/mol. The summed E-state index contributed by atoms with van der Waals surface area (Å²) < 4.78 is 0. The van der Waals surface area contributed by atoms with E-state index in [4.69, 9.17) is 5.73 Å². The summed E-state index contributed by atoms with van der Waals surface area (Å²) in [6.45, 7) is 0.501. The average Bonchev–Trinajstić information content (AvgIpc) is 2.76. The van der Waals surface area contributed by atoms with Gasteiger partial charge in [0.15, 0.2) is 0 Å². The predicted octanol–water partition coefficient (Wildman–Crippen LogP) is 0.0148. The maximum absolute atomic E-state index is 12.2. The molecule has 2 aliphatic rings. The van der Waals surface area contributed by atoms with Gasteiger partial charge in [0.25, 0.3) is 0 Å². The molecule has 1 aromatic carbocycles. The molecule has 1 aromatic rings. The Bertz CT molecular complexity index is 529. The highest BCUT2D eigenvalue weighted by Crippen LogP contribution is 2.39. The Hall–Kier alpha value is -1.88. The molecule has 94 valence electrons. The number of benzene rings is 1. The first-order valence-electron chi connectivity index (χ1n) is 6.03. The van der Waals surface area contributed by atoms with E-state index >= 15 is 0 Å². The van der Waals surface area contributed by atoms with Crippen molar-refractivity contribution >= 4 is 17.5 Å². The van der Waals surface area contributed by atoms with Gasteiger partial charge in [0.2, 0.25) is 11.8 Å². The van der Waals surface area contributed by atoms with Crippen LogP contribution >= 0.6 is 0 Å². The minimum Gasteiger partial charge on any atom is -0.368 e. The van der Waals surface area contributed by atoms with Crippen molar-refractivity contribution in [1.82, 2.24) is 5.32 Å². The van der Waals surface area contributed by atoms with Crippen LogP contribution in [-0.2, 0) is 16.0 Å². The van der Waals surface area contributed by atoms with E-state index in [9.17, 15) is 9.59 Å². The molecule has 0 bridgehead atoms. The summed E-state index contributed by atoms with van der Waals surface area (Å²) in [5.41, 5.74) is 6.75. The Morgan fingerprint density at radius 3 is 2.89 bits per heavy atom. The van der Waals surface area contributed by atoms with Crippen molar-refractivity contribution in [3.05, 3.63) is 29.8 Å². The van der Waals surface area contributed by atoms with Crippen molar-refractivity contribution in [2.75, 3.05) is 11.9 Å². The third-order valence-corrected chi connectivity index (χ3v) is 3.90. The standard InChI is InChI=1S/C13H15N3O2/c14-11(17)10-6-13(7-15-10)5-8-3-1-2-4-9(8)16-12(13)18/h1-4,10,15H,5-7H2,(H2,14,17)(H,16,18). The van der Waals surface area contributed by atoms with Crippen LogP contribution in [0.25, 0.3) is 0 Å². The highest BCUT2D eigenvalue weighted by atomic mass is 16.2. The van der Waals surface area contributed by atoms with Gasteiger partial charge < -0.3 is 16.4 Å². The lowest BCUT2D eigenvalue weighted by Gasteiger charge is -2.33. The molecule has 1 fully saturated rings. The van der Waals surface area contributed by atoms with Crippen LogP contribution in [0.15, 0.2) is 24.3 Å². The summed E-state index contributed by atoms with van der Waals surface area (Å²) in [5.74, 6) is -0.406. The smallest absolute Gasteiger partial charge is 0.234 e. The Labute approximate surface area is 105 Å². The van der Waals surface area contributed by atoms with Crippen LogP contribution in [-0.4, -0.2) is 24.4 Å². The summed E-state index contributed by atoms with van der Waals surface area (Å²) in [7, 11) is 0. The van der Waals surface area contributed by atoms with Crippen molar-refractivity contribution in [1.29, 1.82) is 0 Å². The topological polar surface area (TPSA) is 84.2 Å². The van der Waals surface area contributed by atoms with Crippen LogP contribution in [0.2, 0.25) is 0 Å². The minimum absolute atomic E-state index is 0.0162. The van der Waals surface area contributed by atoms with Gasteiger partial charge >= 0.3 is 0 Å².